The summed E-state index contributed by atoms with van der Waals surface area (Å²) in [6, 6.07) is 13.9. The van der Waals surface area contributed by atoms with Gasteiger partial charge < -0.3 is 10.4 Å². The second kappa shape index (κ2) is 9.27. The maximum Gasteiger partial charge on any atom is 0.338 e. The van der Waals surface area contributed by atoms with Crippen LogP contribution in [0.15, 0.2) is 65.7 Å². The number of hydrogen-bond acceptors (Lipinski definition) is 5. The fourth-order valence-corrected chi connectivity index (χ4v) is 3.46. The van der Waals surface area contributed by atoms with Crippen LogP contribution in [-0.2, 0) is 0 Å². The van der Waals surface area contributed by atoms with E-state index in [2.05, 4.69) is 20.4 Å². The molecule has 0 radical (unpaired) electrons. The number of halogens is 2. The number of nitrogens with two attached hydrogens (primary N) is 1. The average molecular weight is 484 g/mol. The fourth-order valence-electron chi connectivity index (χ4n) is 3.21. The molecule has 0 bridgehead atoms. The highest BCUT2D eigenvalue weighted by atomic mass is 35.5. The number of carboxylic acid groups (broad SMARTS) is 1. The number of carboxylic acids is 1. The Morgan fingerprint density at radius 2 is 1.67 bits per heavy atom. The molecule has 0 saturated heterocycles. The van der Waals surface area contributed by atoms with E-state index in [-0.39, 0.29) is 22.9 Å². The number of benzene rings is 2. The van der Waals surface area contributed by atoms with Crippen LogP contribution in [0.5, 0.6) is 0 Å². The van der Waals surface area contributed by atoms with Crippen molar-refractivity contribution in [3.05, 3.63) is 104 Å². The quantitative estimate of drug-likeness (QED) is 0.297. The van der Waals surface area contributed by atoms with Crippen LogP contribution >= 0.6 is 23.2 Å². The smallest absolute Gasteiger partial charge is 0.338 e. The van der Waals surface area contributed by atoms with E-state index in [0.29, 0.717) is 10.0 Å². The number of aromatic carboxylic acids is 1. The molecule has 4 aromatic rings. The molecule has 0 spiro atoms. The van der Waals surface area contributed by atoms with Gasteiger partial charge in [-0.05, 0) is 35.4 Å². The summed E-state index contributed by atoms with van der Waals surface area (Å²) in [7, 11) is 0. The Balaban J connectivity index is 1.77. The number of hydrogen-bond donors (Lipinski definition) is 4. The van der Waals surface area contributed by atoms with Crippen molar-refractivity contribution < 1.29 is 15.3 Å². The Labute approximate surface area is 197 Å². The van der Waals surface area contributed by atoms with Gasteiger partial charge in [-0.3, -0.25) is 15.2 Å². The molecule has 33 heavy (non-hydrogen) atoms. The van der Waals surface area contributed by atoms with Gasteiger partial charge in [-0.2, -0.15) is 5.10 Å². The van der Waals surface area contributed by atoms with Crippen molar-refractivity contribution in [2.75, 3.05) is 5.32 Å². The van der Waals surface area contributed by atoms with Gasteiger partial charge >= 0.3 is 5.97 Å². The van der Waals surface area contributed by atoms with E-state index < -0.39 is 17.6 Å². The van der Waals surface area contributed by atoms with Crippen LogP contribution in [0.25, 0.3) is 5.95 Å². The monoisotopic (exact) mass is 483 g/mol. The first-order valence-corrected chi connectivity index (χ1v) is 10.4. The second-order valence-electron chi connectivity index (χ2n) is 6.98. The van der Waals surface area contributed by atoms with E-state index in [1.54, 1.807) is 24.3 Å². The van der Waals surface area contributed by atoms with E-state index >= 15 is 0 Å². The van der Waals surface area contributed by atoms with Crippen molar-refractivity contribution in [3.63, 3.8) is 0 Å². The topological polar surface area (TPSA) is 138 Å². The lowest BCUT2D eigenvalue weighted by Crippen LogP contribution is -2.33. The molecule has 0 unspecified atom stereocenters. The first-order valence-electron chi connectivity index (χ1n) is 9.61. The first kappa shape index (κ1) is 22.3. The molecule has 11 heteroatoms. The van der Waals surface area contributed by atoms with Crippen LogP contribution in [0.2, 0.25) is 10.0 Å². The van der Waals surface area contributed by atoms with E-state index in [4.69, 9.17) is 33.7 Å². The summed E-state index contributed by atoms with van der Waals surface area (Å²) < 4.78 is 1.15. The molecular formula is C22H17Cl2N6O3+. The zero-order valence-corrected chi connectivity index (χ0v) is 18.4. The molecule has 0 atom stereocenters. The summed E-state index contributed by atoms with van der Waals surface area (Å²) in [4.78, 5) is 31.1. The lowest BCUT2D eigenvalue weighted by atomic mass is 9.98. The maximum absolute atomic E-state index is 13.0. The predicted molar refractivity (Wildman–Crippen MR) is 124 cm³/mol. The van der Waals surface area contributed by atoms with Gasteiger partial charge in [-0.15, -0.1) is 0 Å². The van der Waals surface area contributed by atoms with Crippen LogP contribution in [0.1, 0.15) is 33.2 Å². The normalized spacial score (nSPS) is 10.9. The van der Waals surface area contributed by atoms with E-state index in [9.17, 15) is 9.59 Å². The highest BCUT2D eigenvalue weighted by molar-refractivity contribution is 6.30. The molecule has 166 valence electrons. The summed E-state index contributed by atoms with van der Waals surface area (Å²) in [5.74, 6) is -1.13. The molecule has 0 aliphatic heterocycles. The zero-order valence-electron chi connectivity index (χ0n) is 16.9. The van der Waals surface area contributed by atoms with Crippen molar-refractivity contribution in [2.24, 2.45) is 0 Å². The Morgan fingerprint density at radius 1 is 1.09 bits per heavy atom. The fraction of sp³-hybridized carbons (Fsp3) is 0.0455. The number of rotatable bonds is 7. The van der Waals surface area contributed by atoms with Gasteiger partial charge in [0, 0.05) is 16.2 Å². The van der Waals surface area contributed by atoms with Crippen molar-refractivity contribution in [1.82, 2.24) is 19.7 Å². The van der Waals surface area contributed by atoms with Gasteiger partial charge in [0.05, 0.1) is 17.8 Å². The maximum atomic E-state index is 13.0. The van der Waals surface area contributed by atoms with Crippen molar-refractivity contribution in [1.29, 1.82) is 0 Å². The Kier molecular flexibility index (Phi) is 6.25. The molecule has 4 rings (SSSR count). The van der Waals surface area contributed by atoms with Crippen LogP contribution in [0, 0.1) is 0 Å². The third-order valence-corrected chi connectivity index (χ3v) is 5.34. The summed E-state index contributed by atoms with van der Waals surface area (Å²) in [5.41, 5.74) is 1.40. The van der Waals surface area contributed by atoms with Gasteiger partial charge in [0.25, 0.3) is 5.56 Å². The summed E-state index contributed by atoms with van der Waals surface area (Å²) >= 11 is 12.1. The van der Waals surface area contributed by atoms with Gasteiger partial charge in [0.1, 0.15) is 5.69 Å². The molecular weight excluding hydrogens is 467 g/mol. The molecule has 5 N–H and O–H groups in total. The average Bonchev–Trinajstić information content (AvgIpc) is 3.30. The van der Waals surface area contributed by atoms with Crippen molar-refractivity contribution >= 4 is 41.1 Å². The third-order valence-electron chi connectivity index (χ3n) is 4.83. The predicted octanol–water partition coefficient (Wildman–Crippen LogP) is 2.34. The Hall–Kier alpha value is -3.95. The molecule has 2 aromatic heterocycles. The zero-order chi connectivity index (χ0) is 23.5. The van der Waals surface area contributed by atoms with Gasteiger partial charge in [-0.1, -0.05) is 47.5 Å². The minimum atomic E-state index is -1.15. The third kappa shape index (κ3) is 4.79. The minimum absolute atomic E-state index is 0.0179. The lowest BCUT2D eigenvalue weighted by Gasteiger charge is -2.21. The number of nitrogens with zero attached hydrogens (tertiary/aromatic N) is 3. The van der Waals surface area contributed by atoms with E-state index in [0.717, 1.165) is 22.0 Å². The van der Waals surface area contributed by atoms with Crippen LogP contribution in [0.4, 0.5) is 5.69 Å². The summed E-state index contributed by atoms with van der Waals surface area (Å²) in [6.45, 7) is 0. The molecule has 0 saturated carbocycles. The molecule has 9 nitrogen and oxygen atoms in total. The number of aromatic amines is 1. The van der Waals surface area contributed by atoms with E-state index in [1.807, 2.05) is 24.3 Å². The number of H-pyrrole nitrogens is 1. The molecule has 0 amide bonds. The van der Waals surface area contributed by atoms with Crippen molar-refractivity contribution in [3.8, 4) is 5.95 Å². The number of nitrogens with one attached hydrogen (secondary N) is 2. The van der Waals surface area contributed by atoms with Gasteiger partial charge in [0.2, 0.25) is 5.95 Å². The van der Waals surface area contributed by atoms with Crippen molar-refractivity contribution in [2.45, 2.75) is 6.04 Å². The minimum Gasteiger partial charge on any atom is -0.478 e. The SMILES string of the molecule is [NH2+]=Cc1nc(-n2cc(C(=O)O)cn2)[nH]c(=O)c1NC(c1ccc(Cl)cc1)c1ccc(Cl)cc1. The molecule has 0 aliphatic carbocycles. The van der Waals surface area contributed by atoms with Gasteiger partial charge in [-0.25, -0.2) is 14.5 Å². The highest BCUT2D eigenvalue weighted by Crippen LogP contribution is 2.28. The van der Waals surface area contributed by atoms with Gasteiger partial charge in [0.15, 0.2) is 11.9 Å². The Bertz CT molecular complexity index is 1340. The number of carbonyl (C=O) groups is 1. The van der Waals surface area contributed by atoms with E-state index in [1.165, 1.54) is 12.4 Å². The molecule has 0 fully saturated rings. The van der Waals surface area contributed by atoms with Crippen LogP contribution < -0.4 is 16.3 Å². The summed E-state index contributed by atoms with van der Waals surface area (Å²) in [5, 5.41) is 23.2. The summed E-state index contributed by atoms with van der Waals surface area (Å²) in [6.07, 6.45) is 3.57. The molecule has 0 aliphatic rings. The first-order chi connectivity index (χ1) is 15.9. The Morgan fingerprint density at radius 3 is 2.15 bits per heavy atom. The number of aromatic nitrogens is 4. The standard InChI is InChI=1S/C22H16Cl2N6O3/c23-15-5-1-12(2-6-15)18(13-3-7-16(24)8-4-13)28-19-17(9-25)27-22(29-20(19)31)30-11-14(10-26-30)21(32)33/h1-11,18,25,28H,(H,32,33)(H,27,29,31)/p+1. The molecule has 2 heterocycles. The highest BCUT2D eigenvalue weighted by Gasteiger charge is 2.21. The molecule has 2 aromatic carbocycles. The second-order valence-corrected chi connectivity index (χ2v) is 7.85. The lowest BCUT2D eigenvalue weighted by molar-refractivity contribution is -0.104. The van der Waals surface area contributed by atoms with Crippen LogP contribution in [-0.4, -0.2) is 37.0 Å². The van der Waals surface area contributed by atoms with Crippen LogP contribution in [0.3, 0.4) is 0 Å². The largest absolute Gasteiger partial charge is 0.478 e. The number of anilines is 1.